The van der Waals surface area contributed by atoms with E-state index in [1.807, 2.05) is 0 Å². The summed E-state index contributed by atoms with van der Waals surface area (Å²) < 4.78 is 5.73. The van der Waals surface area contributed by atoms with Crippen molar-refractivity contribution < 1.29 is 4.74 Å². The SMILES string of the molecule is CC1(C)CNCC(CC#N)N1CC1CCCO1. The summed E-state index contributed by atoms with van der Waals surface area (Å²) in [6, 6.07) is 2.63. The minimum absolute atomic E-state index is 0.117. The van der Waals surface area contributed by atoms with Gasteiger partial charge in [0.05, 0.1) is 18.6 Å². The molecule has 2 fully saturated rings. The molecular formula is C13H23N3O. The second-order valence-electron chi connectivity index (χ2n) is 5.75. The van der Waals surface area contributed by atoms with E-state index in [1.54, 1.807) is 0 Å². The lowest BCUT2D eigenvalue weighted by atomic mass is 9.94. The molecule has 2 atom stereocenters. The van der Waals surface area contributed by atoms with Crippen LogP contribution in [0.15, 0.2) is 0 Å². The van der Waals surface area contributed by atoms with Crippen molar-refractivity contribution >= 4 is 0 Å². The van der Waals surface area contributed by atoms with E-state index >= 15 is 0 Å². The highest BCUT2D eigenvalue weighted by molar-refractivity contribution is 4.98. The Morgan fingerprint density at radius 3 is 3.00 bits per heavy atom. The standard InChI is InChI=1S/C13H23N3O/c1-13(2)10-15-8-11(5-6-14)16(13)9-12-4-3-7-17-12/h11-12,15H,3-5,7-10H2,1-2H3. The Kier molecular flexibility index (Phi) is 4.03. The van der Waals surface area contributed by atoms with Crippen molar-refractivity contribution in [2.45, 2.75) is 50.8 Å². The Balaban J connectivity index is 2.02. The molecule has 0 radical (unpaired) electrons. The fourth-order valence-corrected chi connectivity index (χ4v) is 2.94. The topological polar surface area (TPSA) is 48.3 Å². The number of rotatable bonds is 3. The quantitative estimate of drug-likeness (QED) is 0.799. The van der Waals surface area contributed by atoms with Crippen LogP contribution in [0, 0.1) is 11.3 Å². The van der Waals surface area contributed by atoms with Gasteiger partial charge in [-0.3, -0.25) is 4.90 Å². The molecule has 17 heavy (non-hydrogen) atoms. The monoisotopic (exact) mass is 237 g/mol. The molecule has 2 saturated heterocycles. The average molecular weight is 237 g/mol. The maximum atomic E-state index is 8.93. The molecule has 0 aromatic carbocycles. The summed E-state index contributed by atoms with van der Waals surface area (Å²) in [5.41, 5.74) is 0.117. The molecule has 0 aromatic heterocycles. The van der Waals surface area contributed by atoms with Gasteiger partial charge in [-0.2, -0.15) is 5.26 Å². The Hall–Kier alpha value is -0.630. The molecule has 2 heterocycles. The highest BCUT2D eigenvalue weighted by Gasteiger charge is 2.37. The van der Waals surface area contributed by atoms with Gasteiger partial charge in [-0.15, -0.1) is 0 Å². The second-order valence-corrected chi connectivity index (χ2v) is 5.75. The van der Waals surface area contributed by atoms with E-state index < -0.39 is 0 Å². The van der Waals surface area contributed by atoms with Gasteiger partial charge >= 0.3 is 0 Å². The Bertz CT molecular complexity index is 292. The van der Waals surface area contributed by atoms with Gasteiger partial charge in [-0.25, -0.2) is 0 Å². The highest BCUT2D eigenvalue weighted by atomic mass is 16.5. The summed E-state index contributed by atoms with van der Waals surface area (Å²) in [7, 11) is 0. The Morgan fingerprint density at radius 2 is 2.35 bits per heavy atom. The minimum Gasteiger partial charge on any atom is -0.377 e. The van der Waals surface area contributed by atoms with E-state index in [4.69, 9.17) is 10.00 Å². The largest absolute Gasteiger partial charge is 0.377 e. The molecule has 1 N–H and O–H groups in total. The third-order valence-corrected chi connectivity index (χ3v) is 3.91. The van der Waals surface area contributed by atoms with Crippen molar-refractivity contribution in [1.82, 2.24) is 10.2 Å². The molecule has 0 spiro atoms. The number of nitriles is 1. The van der Waals surface area contributed by atoms with Gasteiger partial charge in [-0.1, -0.05) is 0 Å². The summed E-state index contributed by atoms with van der Waals surface area (Å²) in [5, 5.41) is 12.4. The lowest BCUT2D eigenvalue weighted by molar-refractivity contribution is -0.0109. The average Bonchev–Trinajstić information content (AvgIpc) is 2.76. The number of nitrogens with zero attached hydrogens (tertiary/aromatic N) is 2. The van der Waals surface area contributed by atoms with E-state index in [0.29, 0.717) is 18.6 Å². The van der Waals surface area contributed by atoms with Crippen LogP contribution in [0.5, 0.6) is 0 Å². The van der Waals surface area contributed by atoms with Gasteiger partial charge in [-0.05, 0) is 26.7 Å². The summed E-state index contributed by atoms with van der Waals surface area (Å²) in [6.07, 6.45) is 3.32. The number of ether oxygens (including phenoxy) is 1. The van der Waals surface area contributed by atoms with E-state index in [1.165, 1.54) is 12.8 Å². The van der Waals surface area contributed by atoms with Crippen LogP contribution in [0.2, 0.25) is 0 Å². The highest BCUT2D eigenvalue weighted by Crippen LogP contribution is 2.25. The van der Waals surface area contributed by atoms with Crippen LogP contribution in [0.25, 0.3) is 0 Å². The van der Waals surface area contributed by atoms with Gasteiger partial charge in [0.15, 0.2) is 0 Å². The van der Waals surface area contributed by atoms with Crippen LogP contribution in [-0.2, 0) is 4.74 Å². The maximum absolute atomic E-state index is 8.93. The van der Waals surface area contributed by atoms with Crippen LogP contribution in [0.4, 0.5) is 0 Å². The number of hydrogen-bond acceptors (Lipinski definition) is 4. The van der Waals surface area contributed by atoms with Crippen molar-refractivity contribution in [3.05, 3.63) is 0 Å². The van der Waals surface area contributed by atoms with Crippen LogP contribution < -0.4 is 5.32 Å². The summed E-state index contributed by atoms with van der Waals surface area (Å²) in [5.74, 6) is 0. The molecule has 0 aliphatic carbocycles. The van der Waals surface area contributed by atoms with Gasteiger partial charge in [0.25, 0.3) is 0 Å². The smallest absolute Gasteiger partial charge is 0.0703 e. The third kappa shape index (κ3) is 2.98. The molecule has 0 aromatic rings. The van der Waals surface area contributed by atoms with E-state index in [2.05, 4.69) is 30.1 Å². The van der Waals surface area contributed by atoms with Crippen LogP contribution in [0.1, 0.15) is 33.1 Å². The number of hydrogen-bond donors (Lipinski definition) is 1. The predicted molar refractivity (Wildman–Crippen MR) is 66.6 cm³/mol. The fourth-order valence-electron chi connectivity index (χ4n) is 2.94. The first-order chi connectivity index (χ1) is 8.13. The van der Waals surface area contributed by atoms with Crippen LogP contribution in [0.3, 0.4) is 0 Å². The first-order valence-electron chi connectivity index (χ1n) is 6.59. The normalized spacial score (nSPS) is 33.5. The van der Waals surface area contributed by atoms with Crippen LogP contribution in [-0.4, -0.2) is 48.8 Å². The summed E-state index contributed by atoms with van der Waals surface area (Å²) >= 11 is 0. The molecule has 4 heteroatoms. The second kappa shape index (κ2) is 5.34. The summed E-state index contributed by atoms with van der Waals surface area (Å²) in [4.78, 5) is 2.47. The van der Waals surface area contributed by atoms with Gasteiger partial charge in [0.1, 0.15) is 0 Å². The van der Waals surface area contributed by atoms with E-state index in [9.17, 15) is 0 Å². The molecule has 0 bridgehead atoms. The molecular weight excluding hydrogens is 214 g/mol. The molecule has 4 nitrogen and oxygen atoms in total. The molecule has 2 aliphatic heterocycles. The van der Waals surface area contributed by atoms with E-state index in [-0.39, 0.29) is 5.54 Å². The number of nitrogens with one attached hydrogen (secondary N) is 1. The van der Waals surface area contributed by atoms with Crippen molar-refractivity contribution in [2.24, 2.45) is 0 Å². The van der Waals surface area contributed by atoms with Crippen molar-refractivity contribution in [3.8, 4) is 6.07 Å². The fraction of sp³-hybridized carbons (Fsp3) is 0.923. The van der Waals surface area contributed by atoms with E-state index in [0.717, 1.165) is 26.2 Å². The molecule has 0 amide bonds. The maximum Gasteiger partial charge on any atom is 0.0703 e. The molecule has 2 unspecified atom stereocenters. The molecule has 2 rings (SSSR count). The minimum atomic E-state index is 0.117. The first kappa shape index (κ1) is 12.8. The molecule has 96 valence electrons. The summed E-state index contributed by atoms with van der Waals surface area (Å²) in [6.45, 7) is 8.28. The van der Waals surface area contributed by atoms with Gasteiger partial charge in [0.2, 0.25) is 0 Å². The third-order valence-electron chi connectivity index (χ3n) is 3.91. The lowest BCUT2D eigenvalue weighted by Crippen LogP contribution is -2.64. The Morgan fingerprint density at radius 1 is 1.53 bits per heavy atom. The van der Waals surface area contributed by atoms with Crippen molar-refractivity contribution in [1.29, 1.82) is 5.26 Å². The van der Waals surface area contributed by atoms with Gasteiger partial charge < -0.3 is 10.1 Å². The predicted octanol–water partition coefficient (Wildman–Crippen LogP) is 1.13. The molecule has 0 saturated carbocycles. The Labute approximate surface area is 104 Å². The molecule has 2 aliphatic rings. The number of piperazine rings is 1. The van der Waals surface area contributed by atoms with Crippen molar-refractivity contribution in [2.75, 3.05) is 26.2 Å². The first-order valence-corrected chi connectivity index (χ1v) is 6.59. The zero-order valence-corrected chi connectivity index (χ0v) is 10.9. The zero-order valence-electron chi connectivity index (χ0n) is 10.9. The zero-order chi connectivity index (χ0) is 12.3. The lowest BCUT2D eigenvalue weighted by Gasteiger charge is -2.48. The van der Waals surface area contributed by atoms with Crippen molar-refractivity contribution in [3.63, 3.8) is 0 Å². The van der Waals surface area contributed by atoms with Gasteiger partial charge in [0, 0.05) is 37.8 Å². The van der Waals surface area contributed by atoms with Crippen LogP contribution >= 0.6 is 0 Å².